The lowest BCUT2D eigenvalue weighted by Gasteiger charge is -2.25. The van der Waals surface area contributed by atoms with Crippen LogP contribution in [0.4, 0.5) is 4.79 Å². The van der Waals surface area contributed by atoms with E-state index in [1.54, 1.807) is 0 Å². The number of rotatable bonds is 4. The average molecular weight is 323 g/mol. The Balaban J connectivity index is 1.68. The largest absolute Gasteiger partial charge is 0.445 e. The zero-order valence-electron chi connectivity index (χ0n) is 14.4. The number of nitrogens with zero attached hydrogens (tertiary/aromatic N) is 1. The predicted octanol–water partition coefficient (Wildman–Crippen LogP) is 5.28. The van der Waals surface area contributed by atoms with Gasteiger partial charge < -0.3 is 9.64 Å². The summed E-state index contributed by atoms with van der Waals surface area (Å²) in [6, 6.07) is 18.6. The van der Waals surface area contributed by atoms with E-state index in [-0.39, 0.29) is 12.1 Å². The molecule has 2 aromatic carbocycles. The fourth-order valence-corrected chi connectivity index (χ4v) is 3.26. The molecule has 3 nitrogen and oxygen atoms in total. The standard InChI is InChI=1S/C21H25NO2/c1-16(2)18-10-6-11-19(14-18)20-12-7-13-22(20)21(23)24-15-17-8-4-3-5-9-17/h3-6,8-11,14,16,20H,7,12-13,15H2,1-2H3. The molecule has 1 saturated heterocycles. The summed E-state index contributed by atoms with van der Waals surface area (Å²) in [7, 11) is 0. The monoisotopic (exact) mass is 323 g/mol. The summed E-state index contributed by atoms with van der Waals surface area (Å²) >= 11 is 0. The van der Waals surface area contributed by atoms with Gasteiger partial charge in [0.1, 0.15) is 6.61 Å². The van der Waals surface area contributed by atoms with Gasteiger partial charge in [0.05, 0.1) is 6.04 Å². The Morgan fingerprint density at radius 3 is 2.71 bits per heavy atom. The molecule has 2 aromatic rings. The Hall–Kier alpha value is -2.29. The van der Waals surface area contributed by atoms with Crippen LogP contribution in [0.1, 0.15) is 55.3 Å². The topological polar surface area (TPSA) is 29.5 Å². The van der Waals surface area contributed by atoms with Crippen molar-refractivity contribution in [3.63, 3.8) is 0 Å². The van der Waals surface area contributed by atoms with E-state index in [4.69, 9.17) is 4.74 Å². The number of ether oxygens (including phenoxy) is 1. The minimum atomic E-state index is -0.212. The SMILES string of the molecule is CC(C)c1cccc(C2CCCN2C(=O)OCc2ccccc2)c1. The van der Waals surface area contributed by atoms with Crippen molar-refractivity contribution in [2.24, 2.45) is 0 Å². The maximum Gasteiger partial charge on any atom is 0.410 e. The van der Waals surface area contributed by atoms with E-state index in [2.05, 4.69) is 38.1 Å². The Bertz CT molecular complexity index is 681. The number of amides is 1. The van der Waals surface area contributed by atoms with E-state index < -0.39 is 0 Å². The molecule has 24 heavy (non-hydrogen) atoms. The van der Waals surface area contributed by atoms with Crippen LogP contribution >= 0.6 is 0 Å². The van der Waals surface area contributed by atoms with E-state index in [1.165, 1.54) is 11.1 Å². The van der Waals surface area contributed by atoms with E-state index in [1.807, 2.05) is 35.2 Å². The van der Waals surface area contributed by atoms with Crippen molar-refractivity contribution in [3.8, 4) is 0 Å². The zero-order chi connectivity index (χ0) is 16.9. The predicted molar refractivity (Wildman–Crippen MR) is 95.8 cm³/mol. The van der Waals surface area contributed by atoms with Crippen LogP contribution in [0.25, 0.3) is 0 Å². The third-order valence-corrected chi connectivity index (χ3v) is 4.65. The van der Waals surface area contributed by atoms with E-state index in [9.17, 15) is 4.79 Å². The van der Waals surface area contributed by atoms with Crippen LogP contribution in [0.15, 0.2) is 54.6 Å². The number of carbonyl (C=O) groups is 1. The number of hydrogen-bond donors (Lipinski definition) is 0. The molecule has 0 bridgehead atoms. The maximum atomic E-state index is 12.5. The second-order valence-electron chi connectivity index (χ2n) is 6.72. The normalized spacial score (nSPS) is 17.3. The van der Waals surface area contributed by atoms with Crippen molar-refractivity contribution in [1.82, 2.24) is 4.90 Å². The van der Waals surface area contributed by atoms with Crippen molar-refractivity contribution in [2.45, 2.75) is 45.3 Å². The lowest BCUT2D eigenvalue weighted by Crippen LogP contribution is -2.31. The fourth-order valence-electron chi connectivity index (χ4n) is 3.26. The van der Waals surface area contributed by atoms with Crippen LogP contribution in [0, 0.1) is 0 Å². The highest BCUT2D eigenvalue weighted by Gasteiger charge is 2.31. The van der Waals surface area contributed by atoms with Gasteiger partial charge in [-0.15, -0.1) is 0 Å². The summed E-state index contributed by atoms with van der Waals surface area (Å²) < 4.78 is 5.53. The van der Waals surface area contributed by atoms with Gasteiger partial charge in [0.15, 0.2) is 0 Å². The second kappa shape index (κ2) is 7.52. The van der Waals surface area contributed by atoms with Gasteiger partial charge >= 0.3 is 6.09 Å². The average Bonchev–Trinajstić information content (AvgIpc) is 3.10. The number of benzene rings is 2. The molecule has 1 aliphatic rings. The first-order valence-corrected chi connectivity index (χ1v) is 8.72. The molecule has 1 fully saturated rings. The molecule has 0 spiro atoms. The van der Waals surface area contributed by atoms with E-state index in [0.29, 0.717) is 12.5 Å². The highest BCUT2D eigenvalue weighted by molar-refractivity contribution is 5.68. The molecule has 1 aliphatic heterocycles. The van der Waals surface area contributed by atoms with Gasteiger partial charge in [-0.25, -0.2) is 4.79 Å². The van der Waals surface area contributed by atoms with Crippen LogP contribution in [-0.4, -0.2) is 17.5 Å². The summed E-state index contributed by atoms with van der Waals surface area (Å²) in [5.74, 6) is 0.491. The molecule has 0 aromatic heterocycles. The molecule has 0 N–H and O–H groups in total. The van der Waals surface area contributed by atoms with Crippen LogP contribution in [-0.2, 0) is 11.3 Å². The van der Waals surface area contributed by atoms with Gasteiger partial charge in [0, 0.05) is 6.54 Å². The summed E-state index contributed by atoms with van der Waals surface area (Å²) in [6.07, 6.45) is 1.82. The minimum Gasteiger partial charge on any atom is -0.445 e. The zero-order valence-corrected chi connectivity index (χ0v) is 14.4. The van der Waals surface area contributed by atoms with Gasteiger partial charge in [-0.1, -0.05) is 68.4 Å². The van der Waals surface area contributed by atoms with Crippen molar-refractivity contribution in [3.05, 3.63) is 71.3 Å². The van der Waals surface area contributed by atoms with Crippen molar-refractivity contribution < 1.29 is 9.53 Å². The first-order valence-electron chi connectivity index (χ1n) is 8.72. The molecule has 1 unspecified atom stereocenters. The first kappa shape index (κ1) is 16.6. The van der Waals surface area contributed by atoms with Crippen LogP contribution in [0.3, 0.4) is 0 Å². The molecule has 0 saturated carbocycles. The van der Waals surface area contributed by atoms with Crippen LogP contribution in [0.2, 0.25) is 0 Å². The second-order valence-corrected chi connectivity index (χ2v) is 6.72. The number of hydrogen-bond acceptors (Lipinski definition) is 2. The third kappa shape index (κ3) is 3.78. The summed E-state index contributed by atoms with van der Waals surface area (Å²) in [6.45, 7) is 5.48. The molecular weight excluding hydrogens is 298 g/mol. The van der Waals surface area contributed by atoms with E-state index >= 15 is 0 Å². The Morgan fingerprint density at radius 1 is 1.17 bits per heavy atom. The molecule has 3 rings (SSSR count). The lowest BCUT2D eigenvalue weighted by atomic mass is 9.97. The first-order chi connectivity index (χ1) is 11.6. The van der Waals surface area contributed by atoms with Crippen molar-refractivity contribution in [2.75, 3.05) is 6.54 Å². The minimum absolute atomic E-state index is 0.131. The molecular formula is C21H25NO2. The molecule has 1 amide bonds. The van der Waals surface area contributed by atoms with E-state index in [0.717, 1.165) is 24.9 Å². The van der Waals surface area contributed by atoms with Crippen molar-refractivity contribution in [1.29, 1.82) is 0 Å². The highest BCUT2D eigenvalue weighted by Crippen LogP contribution is 2.33. The summed E-state index contributed by atoms with van der Waals surface area (Å²) in [5.41, 5.74) is 3.55. The van der Waals surface area contributed by atoms with Gasteiger partial charge in [-0.2, -0.15) is 0 Å². The highest BCUT2D eigenvalue weighted by atomic mass is 16.6. The number of likely N-dealkylation sites (tertiary alicyclic amines) is 1. The van der Waals surface area contributed by atoms with Gasteiger partial charge in [-0.05, 0) is 35.4 Å². The molecule has 0 radical (unpaired) electrons. The molecule has 1 atom stereocenters. The maximum absolute atomic E-state index is 12.5. The molecule has 126 valence electrons. The van der Waals surface area contributed by atoms with Crippen molar-refractivity contribution >= 4 is 6.09 Å². The Morgan fingerprint density at radius 2 is 1.96 bits per heavy atom. The molecule has 0 aliphatic carbocycles. The van der Waals surface area contributed by atoms with Crippen LogP contribution < -0.4 is 0 Å². The van der Waals surface area contributed by atoms with Crippen LogP contribution in [0.5, 0.6) is 0 Å². The number of carbonyl (C=O) groups excluding carboxylic acids is 1. The van der Waals surface area contributed by atoms with Gasteiger partial charge in [0.25, 0.3) is 0 Å². The third-order valence-electron chi connectivity index (χ3n) is 4.65. The summed E-state index contributed by atoms with van der Waals surface area (Å²) in [4.78, 5) is 14.4. The smallest absolute Gasteiger partial charge is 0.410 e. The summed E-state index contributed by atoms with van der Waals surface area (Å²) in [5, 5.41) is 0. The molecule has 3 heteroatoms. The fraction of sp³-hybridized carbons (Fsp3) is 0.381. The Kier molecular flexibility index (Phi) is 5.19. The molecule has 1 heterocycles. The quantitative estimate of drug-likeness (QED) is 0.765. The lowest BCUT2D eigenvalue weighted by molar-refractivity contribution is 0.0920. The van der Waals surface area contributed by atoms with Gasteiger partial charge in [0.2, 0.25) is 0 Å². The van der Waals surface area contributed by atoms with Gasteiger partial charge in [-0.3, -0.25) is 0 Å². The Labute approximate surface area is 144 Å².